The van der Waals surface area contributed by atoms with Crippen molar-refractivity contribution < 1.29 is 19.0 Å². The van der Waals surface area contributed by atoms with Gasteiger partial charge in [-0.1, -0.05) is 0 Å². The monoisotopic (exact) mass is 477 g/mol. The molecule has 0 spiro atoms. The highest BCUT2D eigenvalue weighted by Gasteiger charge is 2.35. The zero-order valence-corrected chi connectivity index (χ0v) is 19.1. The van der Waals surface area contributed by atoms with Gasteiger partial charge in [0.1, 0.15) is 29.0 Å². The van der Waals surface area contributed by atoms with Crippen LogP contribution in [0.3, 0.4) is 0 Å². The Balaban J connectivity index is 1.21. The summed E-state index contributed by atoms with van der Waals surface area (Å²) < 4.78 is 21.6. The fraction of sp³-hybridized carbons (Fsp3) is 0.280. The lowest BCUT2D eigenvalue weighted by Crippen LogP contribution is -2.49. The Morgan fingerprint density at radius 3 is 2.37 bits per heavy atom. The van der Waals surface area contributed by atoms with E-state index in [-0.39, 0.29) is 23.8 Å². The summed E-state index contributed by atoms with van der Waals surface area (Å²) in [6, 6.07) is 12.4. The van der Waals surface area contributed by atoms with E-state index in [4.69, 9.17) is 4.74 Å². The van der Waals surface area contributed by atoms with Gasteiger partial charge in [0.05, 0.1) is 18.3 Å². The van der Waals surface area contributed by atoms with Crippen molar-refractivity contribution in [3.05, 3.63) is 82.8 Å². The number of benzene rings is 2. The molecular weight excluding hydrogens is 453 g/mol. The zero-order chi connectivity index (χ0) is 24.6. The SMILES string of the molecule is Cn1ncc2c(=O)n(CC3(O)CCN(C(=O)c4ccc(Oc5ccc(F)cc5)cc4)CC3)cnc21. The Labute approximate surface area is 200 Å². The molecule has 2 aromatic carbocycles. The number of fused-ring (bicyclic) bond motifs is 1. The maximum atomic E-state index is 13.0. The smallest absolute Gasteiger partial charge is 0.264 e. The Kier molecular flexibility index (Phi) is 5.81. The van der Waals surface area contributed by atoms with Crippen molar-refractivity contribution >= 4 is 16.9 Å². The fourth-order valence-electron chi connectivity index (χ4n) is 4.27. The molecule has 0 radical (unpaired) electrons. The van der Waals surface area contributed by atoms with Gasteiger partial charge >= 0.3 is 0 Å². The highest BCUT2D eigenvalue weighted by atomic mass is 19.1. The van der Waals surface area contributed by atoms with Gasteiger partial charge in [-0.2, -0.15) is 5.10 Å². The number of carbonyl (C=O) groups excluding carboxylic acids is 1. The Bertz CT molecular complexity index is 1420. The molecule has 1 aliphatic heterocycles. The molecule has 10 heteroatoms. The first kappa shape index (κ1) is 22.7. The van der Waals surface area contributed by atoms with Gasteiger partial charge in [0.15, 0.2) is 5.65 Å². The van der Waals surface area contributed by atoms with Crippen LogP contribution in [0.25, 0.3) is 11.0 Å². The van der Waals surface area contributed by atoms with Crippen LogP contribution in [0, 0.1) is 5.82 Å². The van der Waals surface area contributed by atoms with Crippen LogP contribution in [0.5, 0.6) is 11.5 Å². The van der Waals surface area contributed by atoms with Crippen molar-refractivity contribution in [1.29, 1.82) is 0 Å². The maximum Gasteiger partial charge on any atom is 0.264 e. The van der Waals surface area contributed by atoms with Crippen molar-refractivity contribution in [2.45, 2.75) is 25.0 Å². The van der Waals surface area contributed by atoms with E-state index in [0.717, 1.165) is 0 Å². The number of piperidine rings is 1. The molecule has 0 bridgehead atoms. The van der Waals surface area contributed by atoms with Crippen LogP contribution in [0.1, 0.15) is 23.2 Å². The van der Waals surface area contributed by atoms with Gasteiger partial charge in [-0.25, -0.2) is 9.37 Å². The molecule has 0 unspecified atom stereocenters. The molecular formula is C25H24FN5O4. The second-order valence-corrected chi connectivity index (χ2v) is 8.78. The average Bonchev–Trinajstić information content (AvgIpc) is 3.24. The molecule has 9 nitrogen and oxygen atoms in total. The first-order valence-corrected chi connectivity index (χ1v) is 11.2. The van der Waals surface area contributed by atoms with E-state index in [0.29, 0.717) is 54.0 Å². The quantitative estimate of drug-likeness (QED) is 0.474. The van der Waals surface area contributed by atoms with Crippen LogP contribution < -0.4 is 10.3 Å². The molecule has 2 aromatic heterocycles. The number of ether oxygens (including phenoxy) is 1. The molecule has 0 aliphatic carbocycles. The lowest BCUT2D eigenvalue weighted by molar-refractivity contribution is -0.0299. The minimum absolute atomic E-state index is 0.0983. The Morgan fingerprint density at radius 2 is 1.71 bits per heavy atom. The molecule has 0 atom stereocenters. The highest BCUT2D eigenvalue weighted by Crippen LogP contribution is 2.26. The van der Waals surface area contributed by atoms with Gasteiger partial charge in [-0.05, 0) is 61.4 Å². The third kappa shape index (κ3) is 4.65. The molecule has 1 N–H and O–H groups in total. The number of aromatic nitrogens is 4. The van der Waals surface area contributed by atoms with E-state index < -0.39 is 5.60 Å². The van der Waals surface area contributed by atoms with Gasteiger partial charge in [0.25, 0.3) is 11.5 Å². The standard InChI is InChI=1S/C25H24FN5O4/c1-29-22-21(14-28-29)24(33)31(16-27-22)15-25(34)10-12-30(13-11-25)23(32)17-2-6-19(7-3-17)35-20-8-4-18(26)5-9-20/h2-9,14,16,34H,10-13,15H2,1H3. The molecule has 0 saturated carbocycles. The van der Waals surface area contributed by atoms with Crippen LogP contribution in [0.4, 0.5) is 4.39 Å². The number of halogens is 1. The Morgan fingerprint density at radius 1 is 1.09 bits per heavy atom. The number of nitrogens with zero attached hydrogens (tertiary/aromatic N) is 5. The van der Waals surface area contributed by atoms with Crippen molar-refractivity contribution in [1.82, 2.24) is 24.2 Å². The molecule has 1 aliphatic rings. The molecule has 3 heterocycles. The lowest BCUT2D eigenvalue weighted by atomic mass is 9.91. The number of carbonyl (C=O) groups is 1. The predicted molar refractivity (Wildman–Crippen MR) is 126 cm³/mol. The van der Waals surface area contributed by atoms with Gasteiger partial charge in [-0.3, -0.25) is 18.8 Å². The topological polar surface area (TPSA) is 102 Å². The van der Waals surface area contributed by atoms with E-state index in [9.17, 15) is 19.1 Å². The van der Waals surface area contributed by atoms with Crippen LogP contribution in [0.2, 0.25) is 0 Å². The van der Waals surface area contributed by atoms with Crippen LogP contribution >= 0.6 is 0 Å². The second-order valence-electron chi connectivity index (χ2n) is 8.78. The second kappa shape index (κ2) is 8.95. The van der Waals surface area contributed by atoms with Crippen molar-refractivity contribution in [2.24, 2.45) is 7.05 Å². The minimum Gasteiger partial charge on any atom is -0.457 e. The van der Waals surface area contributed by atoms with Crippen molar-refractivity contribution in [2.75, 3.05) is 13.1 Å². The molecule has 1 amide bonds. The predicted octanol–water partition coefficient (Wildman–Crippen LogP) is 2.73. The number of likely N-dealkylation sites (tertiary alicyclic amines) is 1. The van der Waals surface area contributed by atoms with Gasteiger partial charge < -0.3 is 14.7 Å². The van der Waals surface area contributed by atoms with Gasteiger partial charge in [0, 0.05) is 25.7 Å². The lowest BCUT2D eigenvalue weighted by Gasteiger charge is -2.38. The summed E-state index contributed by atoms with van der Waals surface area (Å²) in [5, 5.41) is 15.6. The summed E-state index contributed by atoms with van der Waals surface area (Å²) >= 11 is 0. The largest absolute Gasteiger partial charge is 0.457 e. The number of aryl methyl sites for hydroxylation is 1. The number of hydrogen-bond acceptors (Lipinski definition) is 6. The molecule has 1 fully saturated rings. The van der Waals surface area contributed by atoms with Crippen molar-refractivity contribution in [3.8, 4) is 11.5 Å². The van der Waals surface area contributed by atoms with E-state index in [1.807, 2.05) is 0 Å². The third-order valence-corrected chi connectivity index (χ3v) is 6.31. The zero-order valence-electron chi connectivity index (χ0n) is 19.1. The van der Waals surface area contributed by atoms with Crippen LogP contribution in [-0.2, 0) is 13.6 Å². The summed E-state index contributed by atoms with van der Waals surface area (Å²) in [5.74, 6) is 0.546. The Hall–Kier alpha value is -4.05. The maximum absolute atomic E-state index is 13.0. The molecule has 180 valence electrons. The van der Waals surface area contributed by atoms with Crippen LogP contribution in [0.15, 0.2) is 65.8 Å². The molecule has 4 aromatic rings. The number of rotatable bonds is 5. The fourth-order valence-corrected chi connectivity index (χ4v) is 4.27. The van der Waals surface area contributed by atoms with Gasteiger partial charge in [0.2, 0.25) is 0 Å². The molecule has 5 rings (SSSR count). The summed E-state index contributed by atoms with van der Waals surface area (Å²) in [6.45, 7) is 0.822. The summed E-state index contributed by atoms with van der Waals surface area (Å²) in [5.41, 5.74) is -0.375. The van der Waals surface area contributed by atoms with Crippen LogP contribution in [-0.4, -0.2) is 53.9 Å². The van der Waals surface area contributed by atoms with E-state index in [2.05, 4.69) is 10.1 Å². The van der Waals surface area contributed by atoms with Crippen molar-refractivity contribution in [3.63, 3.8) is 0 Å². The molecule has 1 saturated heterocycles. The number of amides is 1. The van der Waals surface area contributed by atoms with E-state index >= 15 is 0 Å². The first-order valence-electron chi connectivity index (χ1n) is 11.2. The number of aliphatic hydroxyl groups is 1. The summed E-state index contributed by atoms with van der Waals surface area (Å²) in [7, 11) is 1.71. The van der Waals surface area contributed by atoms with E-state index in [1.54, 1.807) is 36.2 Å². The highest BCUT2D eigenvalue weighted by molar-refractivity contribution is 5.94. The third-order valence-electron chi connectivity index (χ3n) is 6.31. The average molecular weight is 477 g/mol. The molecule has 35 heavy (non-hydrogen) atoms. The van der Waals surface area contributed by atoms with Gasteiger partial charge in [-0.15, -0.1) is 0 Å². The minimum atomic E-state index is -1.12. The first-order chi connectivity index (χ1) is 16.8. The summed E-state index contributed by atoms with van der Waals surface area (Å²) in [6.07, 6.45) is 3.57. The van der Waals surface area contributed by atoms with E-state index in [1.165, 1.54) is 46.0 Å². The summed E-state index contributed by atoms with van der Waals surface area (Å²) in [4.78, 5) is 31.7. The normalized spacial score (nSPS) is 15.3. The number of hydrogen-bond donors (Lipinski definition) is 1.